The van der Waals surface area contributed by atoms with Gasteiger partial charge < -0.3 is 4.74 Å². The molecule has 110 valence electrons. The van der Waals surface area contributed by atoms with Crippen molar-refractivity contribution in [3.63, 3.8) is 0 Å². The molecule has 1 aromatic carbocycles. The summed E-state index contributed by atoms with van der Waals surface area (Å²) in [4.78, 5) is 6.88. The smallest absolute Gasteiger partial charge is 0.123 e. The first-order valence-corrected chi connectivity index (χ1v) is 7.23. The third-order valence-electron chi connectivity index (χ3n) is 3.72. The zero-order valence-corrected chi connectivity index (χ0v) is 12.1. The van der Waals surface area contributed by atoms with E-state index in [1.165, 1.54) is 12.1 Å². The van der Waals surface area contributed by atoms with Crippen molar-refractivity contribution in [1.82, 2.24) is 9.88 Å². The summed E-state index contributed by atoms with van der Waals surface area (Å²) in [6.07, 6.45) is 0.00385. The highest BCUT2D eigenvalue weighted by atomic mass is 19.1. The van der Waals surface area contributed by atoms with Crippen molar-refractivity contribution in [3.8, 4) is 0 Å². The van der Waals surface area contributed by atoms with Gasteiger partial charge in [0.05, 0.1) is 18.4 Å². The SMILES string of the molecule is Cc1cccc(CN2CCOC(c3ccc(F)cc3)C2)n1. The maximum absolute atomic E-state index is 13.0. The van der Waals surface area contributed by atoms with Crippen LogP contribution in [0.4, 0.5) is 4.39 Å². The number of rotatable bonds is 3. The highest BCUT2D eigenvalue weighted by molar-refractivity contribution is 5.19. The number of hydrogen-bond donors (Lipinski definition) is 0. The van der Waals surface area contributed by atoms with E-state index in [-0.39, 0.29) is 11.9 Å². The molecule has 1 atom stereocenters. The highest BCUT2D eigenvalue weighted by Gasteiger charge is 2.22. The number of aryl methyl sites for hydroxylation is 1. The van der Waals surface area contributed by atoms with E-state index in [1.54, 1.807) is 12.1 Å². The molecular weight excluding hydrogens is 267 g/mol. The molecule has 0 spiro atoms. The first kappa shape index (κ1) is 14.2. The largest absolute Gasteiger partial charge is 0.371 e. The van der Waals surface area contributed by atoms with Crippen molar-refractivity contribution < 1.29 is 9.13 Å². The number of morpholine rings is 1. The normalized spacial score (nSPS) is 19.6. The van der Waals surface area contributed by atoms with E-state index < -0.39 is 0 Å². The molecule has 1 aromatic heterocycles. The van der Waals surface area contributed by atoms with Crippen LogP contribution in [-0.4, -0.2) is 29.6 Å². The van der Waals surface area contributed by atoms with Crippen LogP contribution < -0.4 is 0 Å². The molecule has 3 nitrogen and oxygen atoms in total. The van der Waals surface area contributed by atoms with Crippen LogP contribution in [-0.2, 0) is 11.3 Å². The summed E-state index contributed by atoms with van der Waals surface area (Å²) in [5.41, 5.74) is 3.14. The van der Waals surface area contributed by atoms with Crippen molar-refractivity contribution >= 4 is 0 Å². The van der Waals surface area contributed by atoms with Crippen molar-refractivity contribution in [2.75, 3.05) is 19.7 Å². The van der Waals surface area contributed by atoms with Crippen LogP contribution in [0.15, 0.2) is 42.5 Å². The Morgan fingerprint density at radius 1 is 1.24 bits per heavy atom. The molecule has 1 saturated heterocycles. The lowest BCUT2D eigenvalue weighted by atomic mass is 10.1. The molecule has 4 heteroatoms. The van der Waals surface area contributed by atoms with Gasteiger partial charge in [-0.05, 0) is 36.8 Å². The summed E-state index contributed by atoms with van der Waals surface area (Å²) < 4.78 is 18.8. The molecule has 2 aromatic rings. The molecule has 1 unspecified atom stereocenters. The van der Waals surface area contributed by atoms with Crippen LogP contribution in [0.1, 0.15) is 23.1 Å². The molecule has 21 heavy (non-hydrogen) atoms. The van der Waals surface area contributed by atoms with E-state index in [1.807, 2.05) is 19.1 Å². The van der Waals surface area contributed by atoms with E-state index in [4.69, 9.17) is 4.74 Å². The Morgan fingerprint density at radius 2 is 2.05 bits per heavy atom. The van der Waals surface area contributed by atoms with Gasteiger partial charge in [-0.2, -0.15) is 0 Å². The van der Waals surface area contributed by atoms with E-state index in [0.29, 0.717) is 6.61 Å². The molecule has 0 aliphatic carbocycles. The number of aromatic nitrogens is 1. The maximum atomic E-state index is 13.0. The second-order valence-corrected chi connectivity index (χ2v) is 5.42. The Bertz CT molecular complexity index is 600. The molecule has 2 heterocycles. The molecule has 0 radical (unpaired) electrons. The van der Waals surface area contributed by atoms with Gasteiger partial charge in [0.25, 0.3) is 0 Å². The molecule has 3 rings (SSSR count). The third-order valence-corrected chi connectivity index (χ3v) is 3.72. The van der Waals surface area contributed by atoms with Crippen molar-refractivity contribution in [2.24, 2.45) is 0 Å². The number of ether oxygens (including phenoxy) is 1. The molecular formula is C17H19FN2O. The second-order valence-electron chi connectivity index (χ2n) is 5.42. The van der Waals surface area contributed by atoms with Crippen LogP contribution in [0, 0.1) is 12.7 Å². The van der Waals surface area contributed by atoms with E-state index in [0.717, 1.165) is 36.6 Å². The molecule has 0 amide bonds. The second kappa shape index (κ2) is 6.33. The average Bonchev–Trinajstić information content (AvgIpc) is 2.48. The van der Waals surface area contributed by atoms with Crippen LogP contribution in [0.5, 0.6) is 0 Å². The summed E-state index contributed by atoms with van der Waals surface area (Å²) in [7, 11) is 0. The lowest BCUT2D eigenvalue weighted by molar-refractivity contribution is -0.0333. The minimum atomic E-state index is -0.213. The number of pyridine rings is 1. The van der Waals surface area contributed by atoms with Crippen molar-refractivity contribution in [3.05, 3.63) is 65.2 Å². The average molecular weight is 286 g/mol. The Balaban J connectivity index is 1.67. The quantitative estimate of drug-likeness (QED) is 0.867. The molecule has 1 fully saturated rings. The van der Waals surface area contributed by atoms with Gasteiger partial charge in [0.1, 0.15) is 5.82 Å². The fraction of sp³-hybridized carbons (Fsp3) is 0.353. The van der Waals surface area contributed by atoms with Crippen molar-refractivity contribution in [1.29, 1.82) is 0 Å². The molecule has 1 aliphatic heterocycles. The fourth-order valence-electron chi connectivity index (χ4n) is 2.64. The predicted octanol–water partition coefficient (Wildman–Crippen LogP) is 3.10. The number of halogens is 1. The maximum Gasteiger partial charge on any atom is 0.123 e. The Morgan fingerprint density at radius 3 is 2.81 bits per heavy atom. The number of nitrogens with zero attached hydrogens (tertiary/aromatic N) is 2. The van der Waals surface area contributed by atoms with Gasteiger partial charge in [-0.3, -0.25) is 9.88 Å². The molecule has 0 N–H and O–H groups in total. The van der Waals surface area contributed by atoms with Crippen LogP contribution in [0.3, 0.4) is 0 Å². The predicted molar refractivity (Wildman–Crippen MR) is 79.3 cm³/mol. The number of benzene rings is 1. The third kappa shape index (κ3) is 3.65. The zero-order valence-electron chi connectivity index (χ0n) is 12.1. The monoisotopic (exact) mass is 286 g/mol. The minimum absolute atomic E-state index is 0.00385. The van der Waals surface area contributed by atoms with Gasteiger partial charge >= 0.3 is 0 Å². The summed E-state index contributed by atoms with van der Waals surface area (Å²) >= 11 is 0. The van der Waals surface area contributed by atoms with E-state index in [2.05, 4.69) is 16.0 Å². The van der Waals surface area contributed by atoms with Crippen LogP contribution in [0.2, 0.25) is 0 Å². The number of hydrogen-bond acceptors (Lipinski definition) is 3. The lowest BCUT2D eigenvalue weighted by Crippen LogP contribution is -2.38. The summed E-state index contributed by atoms with van der Waals surface area (Å²) in [5.74, 6) is -0.213. The van der Waals surface area contributed by atoms with Crippen LogP contribution in [0.25, 0.3) is 0 Å². The molecule has 0 bridgehead atoms. The summed E-state index contributed by atoms with van der Waals surface area (Å²) in [5, 5.41) is 0. The first-order chi connectivity index (χ1) is 10.2. The zero-order chi connectivity index (χ0) is 14.7. The van der Waals surface area contributed by atoms with E-state index >= 15 is 0 Å². The Hall–Kier alpha value is -1.78. The first-order valence-electron chi connectivity index (χ1n) is 7.23. The summed E-state index contributed by atoms with van der Waals surface area (Å²) in [6, 6.07) is 12.7. The van der Waals surface area contributed by atoms with Gasteiger partial charge in [0.15, 0.2) is 0 Å². The summed E-state index contributed by atoms with van der Waals surface area (Å²) in [6.45, 7) is 5.22. The van der Waals surface area contributed by atoms with Crippen LogP contribution >= 0.6 is 0 Å². The Kier molecular flexibility index (Phi) is 4.27. The fourth-order valence-corrected chi connectivity index (χ4v) is 2.64. The minimum Gasteiger partial charge on any atom is -0.371 e. The molecule has 0 saturated carbocycles. The van der Waals surface area contributed by atoms with Crippen molar-refractivity contribution in [2.45, 2.75) is 19.6 Å². The standard InChI is InChI=1S/C17H19FN2O/c1-13-3-2-4-16(19-13)11-20-9-10-21-17(12-20)14-5-7-15(18)8-6-14/h2-8,17H,9-12H2,1H3. The van der Waals surface area contributed by atoms with Gasteiger partial charge in [0.2, 0.25) is 0 Å². The lowest BCUT2D eigenvalue weighted by Gasteiger charge is -2.33. The van der Waals surface area contributed by atoms with Gasteiger partial charge in [-0.15, -0.1) is 0 Å². The van der Waals surface area contributed by atoms with E-state index in [9.17, 15) is 4.39 Å². The van der Waals surface area contributed by atoms with Gasteiger partial charge in [0, 0.05) is 25.3 Å². The topological polar surface area (TPSA) is 25.4 Å². The molecule has 1 aliphatic rings. The Labute approximate surface area is 124 Å². The van der Waals surface area contributed by atoms with Gasteiger partial charge in [-0.1, -0.05) is 18.2 Å². The highest BCUT2D eigenvalue weighted by Crippen LogP contribution is 2.23. The van der Waals surface area contributed by atoms with Gasteiger partial charge in [-0.25, -0.2) is 4.39 Å².